The van der Waals surface area contributed by atoms with Crippen molar-refractivity contribution in [3.63, 3.8) is 0 Å². The molecule has 41 heavy (non-hydrogen) atoms. The fourth-order valence-corrected chi connectivity index (χ4v) is 6.12. The van der Waals surface area contributed by atoms with E-state index < -0.39 is 34.0 Å². The minimum atomic E-state index is -4.07. The summed E-state index contributed by atoms with van der Waals surface area (Å²) in [5.41, 5.74) is 3.88. The van der Waals surface area contributed by atoms with Crippen LogP contribution in [0.5, 0.6) is 0 Å². The molecule has 2 aromatic carbocycles. The first-order valence-electron chi connectivity index (χ1n) is 13.4. The summed E-state index contributed by atoms with van der Waals surface area (Å²) in [6.45, 7) is 3.40. The lowest BCUT2D eigenvalue weighted by molar-refractivity contribution is -0.147. The average molecular weight is 584 g/mol. The molecule has 2 amide bonds. The molecule has 0 saturated heterocycles. The fraction of sp³-hybridized carbons (Fsp3) is 0.414. The van der Waals surface area contributed by atoms with Crippen LogP contribution in [0.25, 0.3) is 11.0 Å². The van der Waals surface area contributed by atoms with E-state index in [1.165, 1.54) is 22.7 Å². The molecule has 3 rings (SSSR count). The SMILES string of the molecule is CNCC(=O)NN(C(=O)CCC#N)C(Cc1ccccc1)[C@H](O)CN(CC(C)C)S(=O)(=O)c1ccc2occc2c1. The Balaban J connectivity index is 2.00. The van der Waals surface area contributed by atoms with E-state index in [-0.39, 0.29) is 49.7 Å². The van der Waals surface area contributed by atoms with Crippen molar-refractivity contribution >= 4 is 32.8 Å². The number of nitrogens with zero attached hydrogens (tertiary/aromatic N) is 3. The monoisotopic (exact) mass is 583 g/mol. The van der Waals surface area contributed by atoms with Crippen LogP contribution >= 0.6 is 0 Å². The van der Waals surface area contributed by atoms with Crippen molar-refractivity contribution in [3.8, 4) is 6.07 Å². The van der Waals surface area contributed by atoms with Crippen molar-refractivity contribution < 1.29 is 27.5 Å². The Morgan fingerprint density at radius 3 is 2.49 bits per heavy atom. The highest BCUT2D eigenvalue weighted by atomic mass is 32.2. The van der Waals surface area contributed by atoms with Crippen LogP contribution in [0.1, 0.15) is 32.3 Å². The molecule has 2 atom stereocenters. The van der Waals surface area contributed by atoms with Crippen molar-refractivity contribution in [3.05, 3.63) is 66.4 Å². The van der Waals surface area contributed by atoms with E-state index in [0.717, 1.165) is 10.6 Å². The molecule has 0 spiro atoms. The summed E-state index contributed by atoms with van der Waals surface area (Å²) in [7, 11) is -2.49. The van der Waals surface area contributed by atoms with Crippen molar-refractivity contribution in [2.24, 2.45) is 5.92 Å². The van der Waals surface area contributed by atoms with Crippen molar-refractivity contribution in [1.82, 2.24) is 20.1 Å². The van der Waals surface area contributed by atoms with E-state index in [0.29, 0.717) is 11.0 Å². The zero-order valence-corrected chi connectivity index (χ0v) is 24.3. The maximum absolute atomic E-state index is 13.8. The molecule has 0 aliphatic carbocycles. The highest BCUT2D eigenvalue weighted by Gasteiger charge is 2.36. The molecule has 0 fully saturated rings. The van der Waals surface area contributed by atoms with E-state index in [9.17, 15) is 23.1 Å². The summed E-state index contributed by atoms with van der Waals surface area (Å²) < 4.78 is 34.2. The van der Waals surface area contributed by atoms with Crippen LogP contribution in [0, 0.1) is 17.2 Å². The third kappa shape index (κ3) is 8.61. The first-order chi connectivity index (χ1) is 19.6. The van der Waals surface area contributed by atoms with Crippen LogP contribution in [0.2, 0.25) is 0 Å². The molecule has 0 aliphatic rings. The molecular weight excluding hydrogens is 546 g/mol. The Morgan fingerprint density at radius 2 is 1.83 bits per heavy atom. The summed E-state index contributed by atoms with van der Waals surface area (Å²) in [4.78, 5) is 25.9. The van der Waals surface area contributed by atoms with Crippen molar-refractivity contribution in [1.29, 1.82) is 5.26 Å². The smallest absolute Gasteiger partial charge is 0.252 e. The number of furan rings is 1. The van der Waals surface area contributed by atoms with Crippen LogP contribution in [0.4, 0.5) is 0 Å². The van der Waals surface area contributed by atoms with E-state index in [1.807, 2.05) is 50.2 Å². The number of hydrazine groups is 1. The minimum absolute atomic E-state index is 0.0446. The normalized spacial score (nSPS) is 13.2. The Bertz CT molecular complexity index is 1450. The van der Waals surface area contributed by atoms with Gasteiger partial charge in [-0.3, -0.25) is 15.0 Å². The fourth-order valence-electron chi connectivity index (χ4n) is 4.47. The van der Waals surface area contributed by atoms with Gasteiger partial charge in [-0.2, -0.15) is 9.57 Å². The van der Waals surface area contributed by atoms with E-state index in [2.05, 4.69) is 10.7 Å². The predicted molar refractivity (Wildman–Crippen MR) is 154 cm³/mol. The van der Waals surface area contributed by atoms with Crippen molar-refractivity contribution in [2.45, 2.75) is 50.2 Å². The minimum Gasteiger partial charge on any atom is -0.464 e. The molecule has 0 aliphatic heterocycles. The number of carbonyl (C=O) groups is 2. The third-order valence-electron chi connectivity index (χ3n) is 6.39. The molecule has 11 nitrogen and oxygen atoms in total. The van der Waals surface area contributed by atoms with Crippen LogP contribution in [0.15, 0.2) is 70.2 Å². The number of nitrogens with one attached hydrogen (secondary N) is 2. The van der Waals surface area contributed by atoms with Crippen LogP contribution in [-0.2, 0) is 26.0 Å². The van der Waals surface area contributed by atoms with Gasteiger partial charge in [0.1, 0.15) is 5.58 Å². The van der Waals surface area contributed by atoms with Gasteiger partial charge < -0.3 is 14.8 Å². The van der Waals surface area contributed by atoms with Gasteiger partial charge in [-0.15, -0.1) is 0 Å². The maximum Gasteiger partial charge on any atom is 0.252 e. The van der Waals surface area contributed by atoms with Gasteiger partial charge in [-0.05, 0) is 49.2 Å². The molecule has 3 aromatic rings. The second-order valence-corrected chi connectivity index (χ2v) is 12.1. The maximum atomic E-state index is 13.8. The molecule has 1 aromatic heterocycles. The summed E-state index contributed by atoms with van der Waals surface area (Å²) >= 11 is 0. The molecule has 0 radical (unpaired) electrons. The zero-order valence-electron chi connectivity index (χ0n) is 23.5. The number of amides is 2. The number of aliphatic hydroxyl groups excluding tert-OH is 1. The number of hydrogen-bond donors (Lipinski definition) is 3. The topological polar surface area (TPSA) is 156 Å². The van der Waals surface area contributed by atoms with E-state index in [1.54, 1.807) is 19.2 Å². The van der Waals surface area contributed by atoms with Gasteiger partial charge in [0.2, 0.25) is 15.9 Å². The molecule has 1 heterocycles. The Labute approximate surface area is 240 Å². The number of nitriles is 1. The van der Waals surface area contributed by atoms with Crippen molar-refractivity contribution in [2.75, 3.05) is 26.7 Å². The second kappa shape index (κ2) is 14.7. The van der Waals surface area contributed by atoms with Gasteiger partial charge >= 0.3 is 0 Å². The van der Waals surface area contributed by atoms with Crippen LogP contribution in [-0.4, -0.2) is 73.5 Å². The molecule has 3 N–H and O–H groups in total. The van der Waals surface area contributed by atoms with Crippen LogP contribution < -0.4 is 10.7 Å². The highest BCUT2D eigenvalue weighted by Crippen LogP contribution is 2.25. The zero-order chi connectivity index (χ0) is 30.0. The van der Waals surface area contributed by atoms with Gasteiger partial charge in [-0.1, -0.05) is 44.2 Å². The second-order valence-electron chi connectivity index (χ2n) is 10.1. The summed E-state index contributed by atoms with van der Waals surface area (Å²) in [6, 6.07) is 16.2. The summed E-state index contributed by atoms with van der Waals surface area (Å²) in [5.74, 6) is -1.17. The average Bonchev–Trinajstić information content (AvgIpc) is 3.42. The summed E-state index contributed by atoms with van der Waals surface area (Å²) in [5, 5.41) is 25.1. The number of carbonyl (C=O) groups excluding carboxylic acids is 2. The number of rotatable bonds is 14. The van der Waals surface area contributed by atoms with Crippen LogP contribution in [0.3, 0.4) is 0 Å². The van der Waals surface area contributed by atoms with Gasteiger partial charge in [0.25, 0.3) is 5.91 Å². The standard InChI is InChI=1S/C29H37N5O6S/c1-21(2)19-33(41(38,39)24-11-12-27-23(17-24)13-15-40-27)20-26(35)25(16-22-8-5-4-6-9-22)34(29(37)10-7-14-30)32-28(36)18-31-3/h4-6,8-9,11-13,15,17,21,25-26,31,35H,7,10,16,18-20H2,1-3H3,(H,32,36)/t25?,26-/m1/s1. The Hall–Kier alpha value is -3.76. The quantitative estimate of drug-likeness (QED) is 0.244. The number of hydrogen-bond acceptors (Lipinski definition) is 8. The number of fused-ring (bicyclic) bond motifs is 1. The first kappa shape index (κ1) is 31.8. The van der Waals surface area contributed by atoms with Gasteiger partial charge in [0.05, 0.1) is 35.9 Å². The molecule has 0 bridgehead atoms. The Morgan fingerprint density at radius 1 is 1.10 bits per heavy atom. The number of sulfonamides is 1. The molecule has 0 saturated carbocycles. The number of likely N-dealkylation sites (N-methyl/N-ethyl adjacent to an activating group) is 1. The number of aliphatic hydroxyl groups is 1. The lowest BCUT2D eigenvalue weighted by Crippen LogP contribution is -2.60. The van der Waals surface area contributed by atoms with E-state index in [4.69, 9.17) is 9.68 Å². The van der Waals surface area contributed by atoms with Gasteiger partial charge in [-0.25, -0.2) is 13.4 Å². The lowest BCUT2D eigenvalue weighted by atomic mass is 9.99. The molecule has 1 unspecified atom stereocenters. The van der Waals surface area contributed by atoms with E-state index >= 15 is 0 Å². The highest BCUT2D eigenvalue weighted by molar-refractivity contribution is 7.89. The third-order valence-corrected chi connectivity index (χ3v) is 8.21. The molecular formula is C29H37N5O6S. The lowest BCUT2D eigenvalue weighted by Gasteiger charge is -2.37. The first-order valence-corrected chi connectivity index (χ1v) is 14.8. The molecule has 220 valence electrons. The van der Waals surface area contributed by atoms with Gasteiger partial charge in [0, 0.05) is 31.3 Å². The number of benzene rings is 2. The Kier molecular flexibility index (Phi) is 11.4. The van der Waals surface area contributed by atoms with Gasteiger partial charge in [0.15, 0.2) is 0 Å². The largest absolute Gasteiger partial charge is 0.464 e. The molecule has 12 heteroatoms. The predicted octanol–water partition coefficient (Wildman–Crippen LogP) is 2.43. The summed E-state index contributed by atoms with van der Waals surface area (Å²) in [6.07, 6.45) is -0.0766.